The average molecular weight is 263 g/mol. The molecule has 1 saturated heterocycles. The van der Waals surface area contributed by atoms with Crippen LogP contribution >= 0.6 is 24.2 Å². The van der Waals surface area contributed by atoms with Gasteiger partial charge in [0.1, 0.15) is 5.82 Å². The summed E-state index contributed by atoms with van der Waals surface area (Å²) in [6, 6.07) is 1.78. The van der Waals surface area contributed by atoms with E-state index in [1.807, 2.05) is 20.0 Å². The molecule has 0 aliphatic carbocycles. The third-order valence-corrected chi connectivity index (χ3v) is 3.23. The number of halogens is 1. The molecule has 1 aliphatic heterocycles. The Hall–Kier alpha value is -0.720. The first-order chi connectivity index (χ1) is 7.16. The minimum atomic E-state index is -0.0785. The van der Waals surface area contributed by atoms with Crippen molar-refractivity contribution >= 4 is 35.9 Å². The number of hydrogen-bond acceptors (Lipinski definition) is 4. The van der Waals surface area contributed by atoms with Crippen molar-refractivity contribution in [3.8, 4) is 0 Å². The quantitative estimate of drug-likeness (QED) is 0.826. The molecule has 1 atom stereocenters. The van der Waals surface area contributed by atoms with Crippen LogP contribution in [0, 0.1) is 6.92 Å². The third-order valence-electron chi connectivity index (χ3n) is 2.29. The Balaban J connectivity index is 0.00000128. The van der Waals surface area contributed by atoms with Crippen LogP contribution in [0.15, 0.2) is 6.07 Å². The van der Waals surface area contributed by atoms with Crippen molar-refractivity contribution in [1.29, 1.82) is 0 Å². The summed E-state index contributed by atoms with van der Waals surface area (Å²) < 4.78 is 1.68. The van der Waals surface area contributed by atoms with E-state index >= 15 is 0 Å². The molecule has 0 radical (unpaired) electrons. The summed E-state index contributed by atoms with van der Waals surface area (Å²) in [5, 5.41) is 10.1. The molecule has 1 unspecified atom stereocenters. The predicted octanol–water partition coefficient (Wildman–Crippen LogP) is 0.751. The number of anilines is 1. The molecular weight excluding hydrogens is 248 g/mol. The summed E-state index contributed by atoms with van der Waals surface area (Å²) in [5.41, 5.74) is 0.904. The van der Waals surface area contributed by atoms with Crippen LogP contribution in [0.25, 0.3) is 0 Å². The Morgan fingerprint density at radius 2 is 2.50 bits per heavy atom. The Labute approximate surface area is 105 Å². The molecule has 5 nitrogen and oxygen atoms in total. The Kier molecular flexibility index (Phi) is 4.64. The smallest absolute Gasteiger partial charge is 0.243 e. The first kappa shape index (κ1) is 13.3. The normalized spacial score (nSPS) is 19.2. The maximum atomic E-state index is 11.7. The van der Waals surface area contributed by atoms with Gasteiger partial charge in [0.05, 0.1) is 11.7 Å². The van der Waals surface area contributed by atoms with Gasteiger partial charge in [0.15, 0.2) is 0 Å². The van der Waals surface area contributed by atoms with E-state index in [0.29, 0.717) is 0 Å². The molecule has 0 aromatic carbocycles. The number of carbonyl (C=O) groups excluding carboxylic acids is 1. The summed E-state index contributed by atoms with van der Waals surface area (Å²) in [6.45, 7) is 1.90. The van der Waals surface area contributed by atoms with Gasteiger partial charge in [0.2, 0.25) is 5.91 Å². The molecule has 1 amide bonds. The van der Waals surface area contributed by atoms with E-state index in [4.69, 9.17) is 0 Å². The van der Waals surface area contributed by atoms with Crippen LogP contribution in [0.4, 0.5) is 5.82 Å². The van der Waals surface area contributed by atoms with Gasteiger partial charge in [-0.1, -0.05) is 0 Å². The standard InChI is InChI=1S/C9H14N4OS.ClH/c1-6-3-8(13(2)12-6)11-9(14)7-4-15-5-10-7;/h3,7,10H,4-5H2,1-2H3,(H,11,14);1H. The lowest BCUT2D eigenvalue weighted by atomic mass is 10.3. The Morgan fingerprint density at radius 3 is 3.00 bits per heavy atom. The number of nitrogens with one attached hydrogen (secondary N) is 2. The molecule has 1 fully saturated rings. The van der Waals surface area contributed by atoms with Gasteiger partial charge in [-0.2, -0.15) is 5.10 Å². The predicted molar refractivity (Wildman–Crippen MR) is 68.1 cm³/mol. The van der Waals surface area contributed by atoms with Crippen molar-refractivity contribution in [2.45, 2.75) is 13.0 Å². The first-order valence-corrected chi connectivity index (χ1v) is 5.95. The summed E-state index contributed by atoms with van der Waals surface area (Å²) in [5.74, 6) is 2.45. The maximum absolute atomic E-state index is 11.7. The molecule has 2 rings (SSSR count). The minimum absolute atomic E-state index is 0. The summed E-state index contributed by atoms with van der Waals surface area (Å²) in [6.07, 6.45) is 0. The fourth-order valence-corrected chi connectivity index (χ4v) is 2.45. The highest BCUT2D eigenvalue weighted by Gasteiger charge is 2.23. The summed E-state index contributed by atoms with van der Waals surface area (Å²) in [7, 11) is 1.82. The molecule has 1 aliphatic rings. The molecule has 0 saturated carbocycles. The first-order valence-electron chi connectivity index (χ1n) is 4.79. The van der Waals surface area contributed by atoms with Gasteiger partial charge < -0.3 is 5.32 Å². The Morgan fingerprint density at radius 1 is 1.75 bits per heavy atom. The Bertz CT molecular complexity index is 376. The lowest BCUT2D eigenvalue weighted by Crippen LogP contribution is -2.37. The molecule has 1 aromatic heterocycles. The number of nitrogens with zero attached hydrogens (tertiary/aromatic N) is 2. The third kappa shape index (κ3) is 2.90. The number of aryl methyl sites for hydroxylation is 2. The zero-order valence-corrected chi connectivity index (χ0v) is 10.8. The zero-order chi connectivity index (χ0) is 10.8. The van der Waals surface area contributed by atoms with Crippen LogP contribution in [-0.2, 0) is 11.8 Å². The highest BCUT2D eigenvalue weighted by Crippen LogP contribution is 2.13. The average Bonchev–Trinajstić information content (AvgIpc) is 2.76. The molecule has 90 valence electrons. The van der Waals surface area contributed by atoms with Crippen molar-refractivity contribution < 1.29 is 4.79 Å². The van der Waals surface area contributed by atoms with Gasteiger partial charge in [0.25, 0.3) is 0 Å². The van der Waals surface area contributed by atoms with E-state index in [9.17, 15) is 4.79 Å². The molecule has 0 spiro atoms. The number of rotatable bonds is 2. The maximum Gasteiger partial charge on any atom is 0.243 e. The van der Waals surface area contributed by atoms with Gasteiger partial charge in [-0.3, -0.25) is 14.8 Å². The second-order valence-electron chi connectivity index (χ2n) is 3.56. The monoisotopic (exact) mass is 262 g/mol. The largest absolute Gasteiger partial charge is 0.310 e. The van der Waals surface area contributed by atoms with Crippen LogP contribution in [-0.4, -0.2) is 33.4 Å². The minimum Gasteiger partial charge on any atom is -0.310 e. The number of hydrogen-bond donors (Lipinski definition) is 2. The van der Waals surface area contributed by atoms with Crippen LogP contribution in [0.1, 0.15) is 5.69 Å². The number of thioether (sulfide) groups is 1. The molecule has 2 heterocycles. The van der Waals surface area contributed by atoms with Gasteiger partial charge in [-0.15, -0.1) is 24.2 Å². The van der Waals surface area contributed by atoms with Crippen molar-refractivity contribution in [2.75, 3.05) is 16.9 Å². The van der Waals surface area contributed by atoms with Crippen molar-refractivity contribution in [2.24, 2.45) is 7.05 Å². The van der Waals surface area contributed by atoms with Gasteiger partial charge in [-0.25, -0.2) is 0 Å². The van der Waals surface area contributed by atoms with E-state index in [0.717, 1.165) is 23.1 Å². The molecule has 1 aromatic rings. The van der Waals surface area contributed by atoms with E-state index < -0.39 is 0 Å². The van der Waals surface area contributed by atoms with Crippen molar-refractivity contribution in [3.63, 3.8) is 0 Å². The fraction of sp³-hybridized carbons (Fsp3) is 0.556. The van der Waals surface area contributed by atoms with Crippen molar-refractivity contribution in [3.05, 3.63) is 11.8 Å². The SMILES string of the molecule is Cc1cc(NC(=O)C2CSCN2)n(C)n1.Cl. The zero-order valence-electron chi connectivity index (χ0n) is 9.19. The lowest BCUT2D eigenvalue weighted by molar-refractivity contribution is -0.117. The second kappa shape index (κ2) is 5.56. The lowest BCUT2D eigenvalue weighted by Gasteiger charge is -2.09. The molecule has 16 heavy (non-hydrogen) atoms. The van der Waals surface area contributed by atoms with Crippen LogP contribution in [0.2, 0.25) is 0 Å². The summed E-state index contributed by atoms with van der Waals surface area (Å²) >= 11 is 1.74. The number of carbonyl (C=O) groups is 1. The summed E-state index contributed by atoms with van der Waals surface area (Å²) in [4.78, 5) is 11.7. The van der Waals surface area contributed by atoms with Gasteiger partial charge >= 0.3 is 0 Å². The highest BCUT2D eigenvalue weighted by atomic mass is 35.5. The second-order valence-corrected chi connectivity index (χ2v) is 4.59. The van der Waals surface area contributed by atoms with Crippen molar-refractivity contribution in [1.82, 2.24) is 15.1 Å². The van der Waals surface area contributed by atoms with Crippen LogP contribution in [0.3, 0.4) is 0 Å². The molecule has 0 bridgehead atoms. The van der Waals surface area contributed by atoms with E-state index in [1.54, 1.807) is 16.4 Å². The highest BCUT2D eigenvalue weighted by molar-refractivity contribution is 7.99. The molecule has 7 heteroatoms. The molecule has 2 N–H and O–H groups in total. The van der Waals surface area contributed by atoms with E-state index in [2.05, 4.69) is 15.7 Å². The van der Waals surface area contributed by atoms with E-state index in [-0.39, 0.29) is 24.4 Å². The number of aromatic nitrogens is 2. The van der Waals surface area contributed by atoms with Crippen LogP contribution < -0.4 is 10.6 Å². The number of amides is 1. The van der Waals surface area contributed by atoms with Gasteiger partial charge in [-0.05, 0) is 6.92 Å². The van der Waals surface area contributed by atoms with Crippen LogP contribution in [0.5, 0.6) is 0 Å². The fourth-order valence-electron chi connectivity index (χ4n) is 1.50. The topological polar surface area (TPSA) is 59.0 Å². The van der Waals surface area contributed by atoms with Gasteiger partial charge in [0, 0.05) is 24.7 Å². The molecular formula is C9H15ClN4OS. The van der Waals surface area contributed by atoms with E-state index in [1.165, 1.54) is 0 Å².